The van der Waals surface area contributed by atoms with E-state index >= 15 is 0 Å². The average molecular weight is 399 g/mol. The molecule has 3 rings (SSSR count). The lowest BCUT2D eigenvalue weighted by molar-refractivity contribution is -0.114. The first-order chi connectivity index (χ1) is 14.0. The van der Waals surface area contributed by atoms with Gasteiger partial charge in [0.1, 0.15) is 5.75 Å². The van der Waals surface area contributed by atoms with Gasteiger partial charge in [-0.15, -0.1) is 0 Å². The molecule has 2 unspecified atom stereocenters. The molecule has 0 spiro atoms. The fraction of sp³-hybridized carbons (Fsp3) is 0.476. The molecule has 0 aliphatic carbocycles. The summed E-state index contributed by atoms with van der Waals surface area (Å²) >= 11 is 0. The lowest BCUT2D eigenvalue weighted by atomic mass is 9.93. The van der Waals surface area contributed by atoms with Crippen LogP contribution in [0.4, 0.5) is 5.69 Å². The minimum absolute atomic E-state index is 0.128. The Morgan fingerprint density at radius 2 is 2.24 bits per heavy atom. The van der Waals surface area contributed by atoms with Crippen LogP contribution in [0, 0.1) is 5.92 Å². The number of likely N-dealkylation sites (tertiary alicyclic amines) is 1. The molecule has 8 heteroatoms. The zero-order chi connectivity index (χ0) is 20.8. The summed E-state index contributed by atoms with van der Waals surface area (Å²) in [6, 6.07) is 6.14. The second-order valence-corrected chi connectivity index (χ2v) is 7.41. The van der Waals surface area contributed by atoms with Crippen molar-refractivity contribution in [2.24, 2.45) is 10.9 Å². The Labute approximate surface area is 172 Å². The molecular formula is C21H30N6O2. The number of hydrogen-bond donors (Lipinski definition) is 2. The van der Waals surface area contributed by atoms with E-state index in [1.807, 2.05) is 44.0 Å². The van der Waals surface area contributed by atoms with Gasteiger partial charge in [-0.1, -0.05) is 13.0 Å². The molecule has 8 nitrogen and oxygen atoms in total. The van der Waals surface area contributed by atoms with Gasteiger partial charge in [0.25, 0.3) is 0 Å². The number of ether oxygens (including phenoxy) is 1. The Hall–Kier alpha value is -3.03. The van der Waals surface area contributed by atoms with Gasteiger partial charge in [0, 0.05) is 46.0 Å². The van der Waals surface area contributed by atoms with Crippen LogP contribution in [0.2, 0.25) is 0 Å². The summed E-state index contributed by atoms with van der Waals surface area (Å²) in [4.78, 5) is 22.4. The molecule has 1 fully saturated rings. The van der Waals surface area contributed by atoms with Crippen LogP contribution in [0.5, 0.6) is 5.75 Å². The Morgan fingerprint density at radius 1 is 1.41 bits per heavy atom. The van der Waals surface area contributed by atoms with Crippen LogP contribution >= 0.6 is 0 Å². The number of hydrogen-bond acceptors (Lipinski definition) is 4. The minimum atomic E-state index is -0.128. The predicted octanol–water partition coefficient (Wildman–Crippen LogP) is 2.51. The molecule has 0 bridgehead atoms. The normalized spacial score (nSPS) is 19.7. The highest BCUT2D eigenvalue weighted by molar-refractivity contribution is 5.90. The van der Waals surface area contributed by atoms with Gasteiger partial charge < -0.3 is 24.8 Å². The van der Waals surface area contributed by atoms with Crippen molar-refractivity contribution >= 4 is 17.6 Å². The topological polar surface area (TPSA) is 83.8 Å². The third kappa shape index (κ3) is 5.07. The van der Waals surface area contributed by atoms with Crippen LogP contribution in [0.1, 0.15) is 31.9 Å². The van der Waals surface area contributed by atoms with Crippen LogP contribution in [0.3, 0.4) is 0 Å². The van der Waals surface area contributed by atoms with E-state index in [1.54, 1.807) is 7.11 Å². The highest BCUT2D eigenvalue weighted by Gasteiger charge is 2.28. The van der Waals surface area contributed by atoms with E-state index in [0.29, 0.717) is 29.9 Å². The smallest absolute Gasteiger partial charge is 0.221 e. The van der Waals surface area contributed by atoms with Gasteiger partial charge in [-0.3, -0.25) is 9.79 Å². The van der Waals surface area contributed by atoms with Crippen LogP contribution < -0.4 is 15.4 Å². The first kappa shape index (κ1) is 20.7. The number of rotatable bonds is 5. The number of guanidine groups is 1. The van der Waals surface area contributed by atoms with E-state index < -0.39 is 0 Å². The summed E-state index contributed by atoms with van der Waals surface area (Å²) in [6.07, 6.45) is 6.84. The van der Waals surface area contributed by atoms with Crippen molar-refractivity contribution in [3.63, 3.8) is 0 Å². The second kappa shape index (κ2) is 9.45. The van der Waals surface area contributed by atoms with Crippen molar-refractivity contribution in [3.8, 4) is 5.75 Å². The number of piperidine rings is 1. The van der Waals surface area contributed by atoms with E-state index in [4.69, 9.17) is 4.74 Å². The Morgan fingerprint density at radius 3 is 2.90 bits per heavy atom. The number of nitrogens with zero attached hydrogens (tertiary/aromatic N) is 4. The first-order valence-electron chi connectivity index (χ1n) is 9.89. The first-order valence-corrected chi connectivity index (χ1v) is 9.89. The van der Waals surface area contributed by atoms with Crippen molar-refractivity contribution in [1.82, 2.24) is 19.8 Å². The fourth-order valence-electron chi connectivity index (χ4n) is 3.76. The highest BCUT2D eigenvalue weighted by Crippen LogP contribution is 2.28. The third-order valence-electron chi connectivity index (χ3n) is 5.36. The molecule has 2 atom stereocenters. The number of benzene rings is 1. The predicted molar refractivity (Wildman–Crippen MR) is 114 cm³/mol. The summed E-state index contributed by atoms with van der Waals surface area (Å²) < 4.78 is 7.51. The minimum Gasteiger partial charge on any atom is -0.495 e. The van der Waals surface area contributed by atoms with Crippen molar-refractivity contribution < 1.29 is 9.53 Å². The Bertz CT molecular complexity index is 849. The van der Waals surface area contributed by atoms with E-state index in [0.717, 1.165) is 31.0 Å². The summed E-state index contributed by atoms with van der Waals surface area (Å²) in [5.41, 5.74) is 1.70. The number of amides is 1. The van der Waals surface area contributed by atoms with Gasteiger partial charge in [-0.2, -0.15) is 0 Å². The number of methoxy groups -OCH3 is 1. The molecule has 1 aliphatic heterocycles. The highest BCUT2D eigenvalue weighted by atomic mass is 16.5. The van der Waals surface area contributed by atoms with Crippen molar-refractivity contribution in [2.45, 2.75) is 32.9 Å². The van der Waals surface area contributed by atoms with Gasteiger partial charge in [0.05, 0.1) is 25.2 Å². The summed E-state index contributed by atoms with van der Waals surface area (Å²) in [7, 11) is 3.40. The number of carbonyl (C=O) groups excluding carboxylic acids is 1. The maximum Gasteiger partial charge on any atom is 0.221 e. The molecule has 0 radical (unpaired) electrons. The molecule has 156 valence electrons. The maximum atomic E-state index is 11.5. The quantitative estimate of drug-likeness (QED) is 0.597. The molecule has 1 aromatic heterocycles. The largest absolute Gasteiger partial charge is 0.495 e. The van der Waals surface area contributed by atoms with Crippen molar-refractivity contribution in [3.05, 3.63) is 42.5 Å². The number of anilines is 1. The number of carbonyl (C=O) groups is 1. The molecular weight excluding hydrogens is 368 g/mol. The van der Waals surface area contributed by atoms with E-state index in [1.165, 1.54) is 6.92 Å². The van der Waals surface area contributed by atoms with Gasteiger partial charge in [0.15, 0.2) is 5.96 Å². The second-order valence-electron chi connectivity index (χ2n) is 7.41. The van der Waals surface area contributed by atoms with Gasteiger partial charge in [-0.25, -0.2) is 4.98 Å². The lowest BCUT2D eigenvalue weighted by Gasteiger charge is -2.39. The molecule has 2 N–H and O–H groups in total. The number of imidazole rings is 1. The zero-order valence-corrected chi connectivity index (χ0v) is 17.6. The molecule has 29 heavy (non-hydrogen) atoms. The summed E-state index contributed by atoms with van der Waals surface area (Å²) in [5, 5.41) is 6.27. The fourth-order valence-corrected chi connectivity index (χ4v) is 3.76. The van der Waals surface area contributed by atoms with E-state index in [2.05, 4.69) is 37.0 Å². The molecule has 0 saturated carbocycles. The average Bonchev–Trinajstić information content (AvgIpc) is 3.24. The van der Waals surface area contributed by atoms with Crippen LogP contribution in [-0.4, -0.2) is 53.6 Å². The SMILES string of the molecule is CN=C(NCc1ccc(OC)c(NC(C)=O)c1)N1CCC(C)C(n2ccnc2)C1. The summed E-state index contributed by atoms with van der Waals surface area (Å²) in [5.74, 6) is 1.97. The van der Waals surface area contributed by atoms with Crippen LogP contribution in [0.15, 0.2) is 41.9 Å². The lowest BCUT2D eigenvalue weighted by Crippen LogP contribution is -2.48. The summed E-state index contributed by atoms with van der Waals surface area (Å²) in [6.45, 7) is 6.23. The van der Waals surface area contributed by atoms with Gasteiger partial charge in [-0.05, 0) is 30.0 Å². The number of aliphatic imine (C=N–C) groups is 1. The van der Waals surface area contributed by atoms with Crippen LogP contribution in [0.25, 0.3) is 0 Å². The van der Waals surface area contributed by atoms with Crippen LogP contribution in [-0.2, 0) is 11.3 Å². The molecule has 1 amide bonds. The zero-order valence-electron chi connectivity index (χ0n) is 17.6. The molecule has 2 heterocycles. The number of aromatic nitrogens is 2. The standard InChI is InChI=1S/C21H30N6O2/c1-15-7-9-26(13-19(15)27-10-8-23-14-27)21(22-3)24-12-17-5-6-20(29-4)18(11-17)25-16(2)28/h5-6,8,10-11,14-15,19H,7,9,12-13H2,1-4H3,(H,22,24)(H,25,28). The van der Waals surface area contributed by atoms with Gasteiger partial charge in [0.2, 0.25) is 5.91 Å². The van der Waals surface area contributed by atoms with E-state index in [-0.39, 0.29) is 5.91 Å². The Balaban J connectivity index is 1.67. The molecule has 2 aromatic rings. The van der Waals surface area contributed by atoms with E-state index in [9.17, 15) is 4.79 Å². The molecule has 1 saturated heterocycles. The van der Waals surface area contributed by atoms with Crippen molar-refractivity contribution in [2.75, 3.05) is 32.6 Å². The Kier molecular flexibility index (Phi) is 6.74. The third-order valence-corrected chi connectivity index (χ3v) is 5.36. The molecule has 1 aliphatic rings. The van der Waals surface area contributed by atoms with Gasteiger partial charge >= 0.3 is 0 Å². The number of nitrogens with one attached hydrogen (secondary N) is 2. The molecule has 1 aromatic carbocycles. The maximum absolute atomic E-state index is 11.5. The van der Waals surface area contributed by atoms with Crippen molar-refractivity contribution in [1.29, 1.82) is 0 Å². The monoisotopic (exact) mass is 398 g/mol.